The van der Waals surface area contributed by atoms with E-state index >= 15 is 0 Å². The number of fused-ring (bicyclic) bond motifs is 4. The molecule has 5 atom stereocenters. The first-order valence-corrected chi connectivity index (χ1v) is 12.4. The Balaban J connectivity index is 1.60. The van der Waals surface area contributed by atoms with Crippen LogP contribution in [0.2, 0.25) is 0 Å². The van der Waals surface area contributed by atoms with Crippen molar-refractivity contribution in [1.82, 2.24) is 0 Å². The van der Waals surface area contributed by atoms with Crippen molar-refractivity contribution in [1.29, 1.82) is 0 Å². The van der Waals surface area contributed by atoms with E-state index in [4.69, 9.17) is 0 Å². The van der Waals surface area contributed by atoms with Gasteiger partial charge in [0.25, 0.3) is 0 Å². The molecule has 0 bridgehead atoms. The van der Waals surface area contributed by atoms with Crippen molar-refractivity contribution in [2.75, 3.05) is 19.0 Å². The topological polar surface area (TPSA) is 49.3 Å². The fraction of sp³-hybridized carbons (Fsp3) is 0.607. The standard InChI is InChI=1S/C28H37NO2/c1-28-17-25(18-5-9-21(29-2)10-6-18)27-23-13-11-22(31)16-19(23)7-12-24(27)26(28)14-8-20(28)4-3-15-30/h5-6,9-10,16,20,24-26,29-30H,3-4,7-8,11-15,17H2,1-2H3/t20-,24?,25?,26-,28-/m0/s1. The molecule has 4 aliphatic carbocycles. The fourth-order valence-corrected chi connectivity index (χ4v) is 7.75. The molecular weight excluding hydrogens is 382 g/mol. The third kappa shape index (κ3) is 3.50. The molecule has 4 aliphatic rings. The van der Waals surface area contributed by atoms with Crippen molar-refractivity contribution in [3.05, 3.63) is 52.6 Å². The Kier molecular flexibility index (Phi) is 5.58. The number of aliphatic hydroxyl groups excluding tert-OH is 1. The summed E-state index contributed by atoms with van der Waals surface area (Å²) < 4.78 is 0. The minimum atomic E-state index is 0.313. The van der Waals surface area contributed by atoms with Crippen LogP contribution in [0.1, 0.15) is 76.2 Å². The highest BCUT2D eigenvalue weighted by atomic mass is 16.2. The monoisotopic (exact) mass is 419 g/mol. The number of carbonyl (C=O) groups excluding carboxylic acids is 1. The molecule has 2 unspecified atom stereocenters. The van der Waals surface area contributed by atoms with Crippen LogP contribution in [-0.4, -0.2) is 24.5 Å². The van der Waals surface area contributed by atoms with Crippen LogP contribution in [0.3, 0.4) is 0 Å². The maximum Gasteiger partial charge on any atom is 0.156 e. The molecule has 1 aromatic rings. The molecule has 0 aliphatic heterocycles. The second kappa shape index (κ2) is 8.24. The zero-order valence-corrected chi connectivity index (χ0v) is 19.1. The fourth-order valence-electron chi connectivity index (χ4n) is 7.75. The van der Waals surface area contributed by atoms with Crippen molar-refractivity contribution >= 4 is 11.5 Å². The van der Waals surface area contributed by atoms with Crippen molar-refractivity contribution in [2.45, 2.75) is 70.6 Å². The Labute approximate surface area is 187 Å². The molecular formula is C28H37NO2. The molecule has 166 valence electrons. The van der Waals surface area contributed by atoms with Crippen LogP contribution in [0.15, 0.2) is 47.1 Å². The molecule has 0 saturated heterocycles. The quantitative estimate of drug-likeness (QED) is 0.614. The van der Waals surface area contributed by atoms with Gasteiger partial charge in [-0.1, -0.05) is 24.6 Å². The molecule has 0 spiro atoms. The van der Waals surface area contributed by atoms with E-state index < -0.39 is 0 Å². The van der Waals surface area contributed by atoms with Gasteiger partial charge in [-0.05, 0) is 109 Å². The summed E-state index contributed by atoms with van der Waals surface area (Å²) in [5.74, 6) is 2.91. The minimum absolute atomic E-state index is 0.313. The van der Waals surface area contributed by atoms with Gasteiger partial charge in [-0.3, -0.25) is 4.79 Å². The SMILES string of the molecule is CNc1ccc(C2C[C@@]3(C)[C@@H](CCCO)CC[C@H]3C3CCC4=CC(=O)CCC4=C23)cc1. The smallest absolute Gasteiger partial charge is 0.156 e. The highest BCUT2D eigenvalue weighted by Gasteiger charge is 2.56. The van der Waals surface area contributed by atoms with Crippen molar-refractivity contribution in [3.63, 3.8) is 0 Å². The molecule has 0 amide bonds. The van der Waals surface area contributed by atoms with E-state index in [1.54, 1.807) is 11.1 Å². The number of anilines is 1. The van der Waals surface area contributed by atoms with Gasteiger partial charge in [0.15, 0.2) is 5.78 Å². The lowest BCUT2D eigenvalue weighted by Gasteiger charge is -2.53. The summed E-state index contributed by atoms with van der Waals surface area (Å²) in [6.45, 7) is 2.88. The van der Waals surface area contributed by atoms with Gasteiger partial charge in [-0.2, -0.15) is 0 Å². The lowest BCUT2D eigenvalue weighted by Crippen LogP contribution is -2.43. The number of ketones is 1. The number of nitrogens with one attached hydrogen (secondary N) is 1. The van der Waals surface area contributed by atoms with Gasteiger partial charge >= 0.3 is 0 Å². The Morgan fingerprint density at radius 1 is 1.10 bits per heavy atom. The molecule has 0 aromatic heterocycles. The number of carbonyl (C=O) groups is 1. The lowest BCUT2D eigenvalue weighted by molar-refractivity contribution is -0.114. The van der Waals surface area contributed by atoms with Crippen LogP contribution >= 0.6 is 0 Å². The zero-order valence-electron chi connectivity index (χ0n) is 19.1. The van der Waals surface area contributed by atoms with Gasteiger partial charge in [-0.25, -0.2) is 0 Å². The third-order valence-electron chi connectivity index (χ3n) is 9.24. The zero-order chi connectivity index (χ0) is 21.6. The summed E-state index contributed by atoms with van der Waals surface area (Å²) in [6.07, 6.45) is 11.8. The van der Waals surface area contributed by atoms with Crippen LogP contribution in [-0.2, 0) is 4.79 Å². The Hall–Kier alpha value is -1.87. The second-order valence-corrected chi connectivity index (χ2v) is 10.6. The summed E-state index contributed by atoms with van der Waals surface area (Å²) >= 11 is 0. The number of hydrogen-bond acceptors (Lipinski definition) is 3. The number of benzene rings is 1. The second-order valence-electron chi connectivity index (χ2n) is 10.6. The molecule has 0 radical (unpaired) electrons. The van der Waals surface area contributed by atoms with Gasteiger partial charge in [0, 0.05) is 31.7 Å². The van der Waals surface area contributed by atoms with E-state index in [9.17, 15) is 9.90 Å². The molecule has 2 fully saturated rings. The average Bonchev–Trinajstić information content (AvgIpc) is 3.12. The van der Waals surface area contributed by atoms with Gasteiger partial charge < -0.3 is 10.4 Å². The number of aliphatic hydroxyl groups is 1. The highest BCUT2D eigenvalue weighted by Crippen LogP contribution is 2.66. The summed E-state index contributed by atoms with van der Waals surface area (Å²) in [6, 6.07) is 9.08. The van der Waals surface area contributed by atoms with Crippen molar-refractivity contribution in [3.8, 4) is 0 Å². The summed E-state index contributed by atoms with van der Waals surface area (Å²) in [4.78, 5) is 12.2. The molecule has 1 aromatic carbocycles. The first kappa shape index (κ1) is 21.0. The van der Waals surface area contributed by atoms with E-state index in [1.807, 2.05) is 13.1 Å². The van der Waals surface area contributed by atoms with Crippen molar-refractivity contribution < 1.29 is 9.90 Å². The summed E-state index contributed by atoms with van der Waals surface area (Å²) in [7, 11) is 1.98. The molecule has 5 rings (SSSR count). The van der Waals surface area contributed by atoms with Crippen LogP contribution in [0.5, 0.6) is 0 Å². The molecule has 0 heterocycles. The van der Waals surface area contributed by atoms with Gasteiger partial charge in [0.1, 0.15) is 0 Å². The van der Waals surface area contributed by atoms with Crippen LogP contribution < -0.4 is 5.32 Å². The van der Waals surface area contributed by atoms with E-state index in [2.05, 4.69) is 36.5 Å². The van der Waals surface area contributed by atoms with Crippen LogP contribution in [0.25, 0.3) is 0 Å². The molecule has 31 heavy (non-hydrogen) atoms. The predicted octanol–water partition coefficient (Wildman–Crippen LogP) is 6.02. The Morgan fingerprint density at radius 2 is 1.90 bits per heavy atom. The van der Waals surface area contributed by atoms with Crippen LogP contribution in [0, 0.1) is 23.2 Å². The largest absolute Gasteiger partial charge is 0.396 e. The lowest BCUT2D eigenvalue weighted by atomic mass is 9.51. The predicted molar refractivity (Wildman–Crippen MR) is 126 cm³/mol. The first-order valence-electron chi connectivity index (χ1n) is 12.4. The summed E-state index contributed by atoms with van der Waals surface area (Å²) in [5, 5.41) is 12.7. The van der Waals surface area contributed by atoms with Gasteiger partial charge in [0.05, 0.1) is 0 Å². The maximum atomic E-state index is 12.2. The third-order valence-corrected chi connectivity index (χ3v) is 9.24. The highest BCUT2D eigenvalue weighted by molar-refractivity contribution is 5.93. The molecule has 3 nitrogen and oxygen atoms in total. The summed E-state index contributed by atoms with van der Waals surface area (Å²) in [5.41, 5.74) is 7.52. The maximum absolute atomic E-state index is 12.2. The Bertz CT molecular complexity index is 911. The molecule has 2 saturated carbocycles. The van der Waals surface area contributed by atoms with Gasteiger partial charge in [0.2, 0.25) is 0 Å². The normalized spacial score (nSPS) is 34.7. The van der Waals surface area contributed by atoms with E-state index in [0.717, 1.165) is 43.2 Å². The van der Waals surface area contributed by atoms with Crippen molar-refractivity contribution in [2.24, 2.45) is 23.2 Å². The number of hydrogen-bond donors (Lipinski definition) is 2. The number of rotatable bonds is 5. The Morgan fingerprint density at radius 3 is 2.65 bits per heavy atom. The molecule has 3 heteroatoms. The first-order chi connectivity index (χ1) is 15.0. The van der Waals surface area contributed by atoms with E-state index in [0.29, 0.717) is 36.1 Å². The minimum Gasteiger partial charge on any atom is -0.396 e. The van der Waals surface area contributed by atoms with E-state index in [-0.39, 0.29) is 0 Å². The van der Waals surface area contributed by atoms with Gasteiger partial charge in [-0.15, -0.1) is 0 Å². The van der Waals surface area contributed by atoms with E-state index in [1.165, 1.54) is 36.8 Å². The average molecular weight is 420 g/mol. The van der Waals surface area contributed by atoms with Crippen LogP contribution in [0.4, 0.5) is 5.69 Å². The molecule has 2 N–H and O–H groups in total. The number of allylic oxidation sites excluding steroid dienone is 4.